The van der Waals surface area contributed by atoms with E-state index in [-0.39, 0.29) is 0 Å². The van der Waals surface area contributed by atoms with E-state index in [0.29, 0.717) is 29.5 Å². The molecule has 3 rings (SSSR count). The Balaban J connectivity index is 1.73. The summed E-state index contributed by atoms with van der Waals surface area (Å²) in [6.07, 6.45) is 7.74. The van der Waals surface area contributed by atoms with Crippen LogP contribution in [-0.2, 0) is 6.42 Å². The van der Waals surface area contributed by atoms with Crippen LogP contribution in [0.15, 0.2) is 71.8 Å². The molecule has 0 saturated carbocycles. The average Bonchev–Trinajstić information content (AvgIpc) is 2.65. The Morgan fingerprint density at radius 2 is 1.96 bits per heavy atom. The third-order valence-corrected chi connectivity index (χ3v) is 3.39. The Bertz CT molecular complexity index is 816. The molecule has 2 aromatic heterocycles. The number of nitrogens with zero attached hydrogens (tertiary/aromatic N) is 4. The molecular weight excluding hydrogens is 300 g/mol. The van der Waals surface area contributed by atoms with Gasteiger partial charge in [0.1, 0.15) is 11.6 Å². The molecule has 0 atom stereocenters. The monoisotopic (exact) mass is 316 g/mol. The molecule has 0 spiro atoms. The molecule has 2 N–H and O–H groups in total. The Morgan fingerprint density at radius 1 is 1.12 bits per heavy atom. The first-order valence-electron chi connectivity index (χ1n) is 7.57. The van der Waals surface area contributed by atoms with Crippen LogP contribution in [-0.4, -0.2) is 22.5 Å². The van der Waals surface area contributed by atoms with E-state index in [4.69, 9.17) is 0 Å². The van der Waals surface area contributed by atoms with E-state index >= 15 is 0 Å². The number of hydrogen-bond acceptors (Lipinski definition) is 4. The predicted molar refractivity (Wildman–Crippen MR) is 92.4 cm³/mol. The van der Waals surface area contributed by atoms with Crippen LogP contribution in [0.3, 0.4) is 0 Å². The summed E-state index contributed by atoms with van der Waals surface area (Å²) in [4.78, 5) is 13.0. The van der Waals surface area contributed by atoms with Crippen LogP contribution in [0.2, 0.25) is 0 Å². The Kier molecular flexibility index (Phi) is 4.95. The molecule has 0 aliphatic carbocycles. The fourth-order valence-corrected chi connectivity index (χ4v) is 2.23. The van der Waals surface area contributed by atoms with Gasteiger partial charge in [0.15, 0.2) is 5.96 Å². The van der Waals surface area contributed by atoms with Crippen LogP contribution in [0, 0.1) is 11.3 Å². The van der Waals surface area contributed by atoms with Gasteiger partial charge in [0.25, 0.3) is 0 Å². The predicted octanol–water partition coefficient (Wildman–Crippen LogP) is 2.02. The van der Waals surface area contributed by atoms with E-state index in [0.717, 1.165) is 12.1 Å². The molecule has 0 amide bonds. The molecule has 6 nitrogen and oxygen atoms in total. The second kappa shape index (κ2) is 7.70. The third kappa shape index (κ3) is 3.84. The zero-order chi connectivity index (χ0) is 16.6. The van der Waals surface area contributed by atoms with Gasteiger partial charge in [-0.2, -0.15) is 5.26 Å². The second-order valence-corrected chi connectivity index (χ2v) is 5.02. The van der Waals surface area contributed by atoms with Crippen molar-refractivity contribution < 1.29 is 0 Å². The molecule has 0 bridgehead atoms. The Labute approximate surface area is 140 Å². The number of rotatable bonds is 4. The largest absolute Gasteiger partial charge is 0.333 e. The van der Waals surface area contributed by atoms with Crippen molar-refractivity contribution in [2.75, 3.05) is 6.54 Å². The van der Waals surface area contributed by atoms with E-state index in [9.17, 15) is 5.26 Å². The van der Waals surface area contributed by atoms with Crippen LogP contribution >= 0.6 is 0 Å². The Hall–Kier alpha value is -3.46. The number of hydrogen-bond donors (Lipinski definition) is 2. The van der Waals surface area contributed by atoms with Gasteiger partial charge in [0.05, 0.1) is 11.4 Å². The molecule has 0 fully saturated rings. The highest BCUT2D eigenvalue weighted by atomic mass is 15.2. The van der Waals surface area contributed by atoms with Crippen molar-refractivity contribution in [2.45, 2.75) is 6.42 Å². The van der Waals surface area contributed by atoms with Crippen molar-refractivity contribution in [1.29, 1.82) is 5.26 Å². The minimum atomic E-state index is 0.478. The molecule has 24 heavy (non-hydrogen) atoms. The fourth-order valence-electron chi connectivity index (χ4n) is 2.23. The topological polar surface area (TPSA) is 86.0 Å². The minimum Gasteiger partial charge on any atom is -0.333 e. The third-order valence-electron chi connectivity index (χ3n) is 3.39. The zero-order valence-corrected chi connectivity index (χ0v) is 13.0. The van der Waals surface area contributed by atoms with Crippen LogP contribution in [0.4, 0.5) is 0 Å². The van der Waals surface area contributed by atoms with Gasteiger partial charge in [0, 0.05) is 37.3 Å². The first-order valence-corrected chi connectivity index (χ1v) is 7.57. The van der Waals surface area contributed by atoms with Crippen LogP contribution in [0.1, 0.15) is 11.4 Å². The highest BCUT2D eigenvalue weighted by molar-refractivity contribution is 5.89. The standard InChI is InChI=1S/C18H16N6/c19-13-15(16-6-2-4-10-21-16)17-8-12-23-18(24-17)22-11-7-14-5-1-3-9-20-14/h1-6,8-10,12H,7,11H2,(H2,22,23,24). The SMILES string of the molecule is N#CC(=C1C=CNC(=NCCc2ccccn2)N1)c1ccccn1. The molecule has 3 heterocycles. The van der Waals surface area contributed by atoms with E-state index in [1.54, 1.807) is 30.7 Å². The molecule has 0 saturated heterocycles. The first-order chi connectivity index (χ1) is 11.9. The summed E-state index contributed by atoms with van der Waals surface area (Å²) in [6, 6.07) is 13.5. The number of allylic oxidation sites excluding steroid dienone is 2. The van der Waals surface area contributed by atoms with Crippen molar-refractivity contribution in [3.8, 4) is 6.07 Å². The van der Waals surface area contributed by atoms with Crippen molar-refractivity contribution in [3.63, 3.8) is 0 Å². The maximum Gasteiger partial charge on any atom is 0.199 e. The summed E-state index contributed by atoms with van der Waals surface area (Å²) >= 11 is 0. The number of guanidine groups is 1. The first kappa shape index (κ1) is 15.4. The van der Waals surface area contributed by atoms with E-state index in [1.165, 1.54) is 0 Å². The summed E-state index contributed by atoms with van der Waals surface area (Å²) in [5.74, 6) is 0.604. The summed E-state index contributed by atoms with van der Waals surface area (Å²) < 4.78 is 0. The molecule has 0 unspecified atom stereocenters. The fraction of sp³-hybridized carbons (Fsp3) is 0.111. The van der Waals surface area contributed by atoms with Gasteiger partial charge in [-0.1, -0.05) is 12.1 Å². The normalized spacial score (nSPS) is 16.9. The highest BCUT2D eigenvalue weighted by Gasteiger charge is 2.12. The maximum absolute atomic E-state index is 9.45. The van der Waals surface area contributed by atoms with Gasteiger partial charge in [-0.3, -0.25) is 15.0 Å². The van der Waals surface area contributed by atoms with E-state index < -0.39 is 0 Å². The lowest BCUT2D eigenvalue weighted by atomic mass is 10.1. The Morgan fingerprint density at radius 3 is 2.67 bits per heavy atom. The van der Waals surface area contributed by atoms with Gasteiger partial charge in [-0.05, 0) is 30.3 Å². The van der Waals surface area contributed by atoms with Gasteiger partial charge in [0.2, 0.25) is 0 Å². The number of aromatic nitrogens is 2. The molecular formula is C18H16N6. The lowest BCUT2D eigenvalue weighted by Gasteiger charge is -2.16. The smallest absolute Gasteiger partial charge is 0.199 e. The quantitative estimate of drug-likeness (QED) is 0.843. The van der Waals surface area contributed by atoms with E-state index in [1.807, 2.05) is 30.3 Å². The number of nitrogens with one attached hydrogen (secondary N) is 2. The average molecular weight is 316 g/mol. The lowest BCUT2D eigenvalue weighted by molar-refractivity contribution is 0.895. The number of aliphatic imine (C=N–C) groups is 1. The van der Waals surface area contributed by atoms with E-state index in [2.05, 4.69) is 31.7 Å². The van der Waals surface area contributed by atoms with Crippen LogP contribution in [0.5, 0.6) is 0 Å². The van der Waals surface area contributed by atoms with Crippen molar-refractivity contribution in [1.82, 2.24) is 20.6 Å². The molecule has 0 aromatic carbocycles. The minimum absolute atomic E-state index is 0.478. The second-order valence-electron chi connectivity index (χ2n) is 5.02. The molecule has 2 aromatic rings. The van der Waals surface area contributed by atoms with Crippen LogP contribution < -0.4 is 10.6 Å². The molecule has 1 aliphatic heterocycles. The van der Waals surface area contributed by atoms with Gasteiger partial charge in [-0.15, -0.1) is 0 Å². The molecule has 0 radical (unpaired) electrons. The summed E-state index contributed by atoms with van der Waals surface area (Å²) in [7, 11) is 0. The molecule has 118 valence electrons. The summed E-state index contributed by atoms with van der Waals surface area (Å²) in [6.45, 7) is 0.596. The number of nitriles is 1. The highest BCUT2D eigenvalue weighted by Crippen LogP contribution is 2.16. The van der Waals surface area contributed by atoms with Crippen molar-refractivity contribution in [3.05, 3.63) is 78.2 Å². The van der Waals surface area contributed by atoms with Gasteiger partial charge in [-0.25, -0.2) is 0 Å². The van der Waals surface area contributed by atoms with Crippen LogP contribution in [0.25, 0.3) is 5.57 Å². The lowest BCUT2D eigenvalue weighted by Crippen LogP contribution is -2.37. The van der Waals surface area contributed by atoms with Gasteiger partial charge >= 0.3 is 0 Å². The van der Waals surface area contributed by atoms with Gasteiger partial charge < -0.3 is 10.6 Å². The maximum atomic E-state index is 9.45. The van der Waals surface area contributed by atoms with Crippen molar-refractivity contribution >= 4 is 11.5 Å². The summed E-state index contributed by atoms with van der Waals surface area (Å²) in [5, 5.41) is 15.6. The number of pyridine rings is 2. The van der Waals surface area contributed by atoms with Crippen molar-refractivity contribution in [2.24, 2.45) is 4.99 Å². The molecule has 6 heteroatoms. The summed E-state index contributed by atoms with van der Waals surface area (Å²) in [5.41, 5.74) is 2.77. The molecule has 1 aliphatic rings. The zero-order valence-electron chi connectivity index (χ0n) is 13.0.